The lowest BCUT2D eigenvalue weighted by molar-refractivity contribution is -0.129. The monoisotopic (exact) mass is 416 g/mol. The highest BCUT2D eigenvalue weighted by Gasteiger charge is 2.32. The number of benzene rings is 2. The quantitative estimate of drug-likeness (QED) is 0.782. The molecule has 156 valence electrons. The molecule has 29 heavy (non-hydrogen) atoms. The molecular weight excluding hydrogens is 388 g/mol. The third-order valence-electron chi connectivity index (χ3n) is 4.92. The van der Waals surface area contributed by atoms with Crippen molar-refractivity contribution >= 4 is 21.6 Å². The fourth-order valence-corrected chi connectivity index (χ4v) is 4.50. The van der Waals surface area contributed by atoms with Crippen LogP contribution in [0.3, 0.4) is 0 Å². The zero-order chi connectivity index (χ0) is 21.0. The van der Waals surface area contributed by atoms with Gasteiger partial charge in [-0.15, -0.1) is 0 Å². The van der Waals surface area contributed by atoms with E-state index in [1.54, 1.807) is 24.3 Å². The van der Waals surface area contributed by atoms with Gasteiger partial charge in [-0.3, -0.25) is 9.10 Å². The van der Waals surface area contributed by atoms with Gasteiger partial charge in [0.15, 0.2) is 6.10 Å². The summed E-state index contributed by atoms with van der Waals surface area (Å²) in [4.78, 5) is 13.1. The molecule has 0 aromatic heterocycles. The molecule has 2 aromatic carbocycles. The maximum absolute atomic E-state index is 13.1. The lowest BCUT2D eigenvalue weighted by Crippen LogP contribution is -2.41. The summed E-state index contributed by atoms with van der Waals surface area (Å²) in [6.07, 6.45) is 1.48. The normalized spacial score (nSPS) is 17.8. The van der Waals surface area contributed by atoms with Crippen LogP contribution >= 0.6 is 0 Å². The molecule has 2 atom stereocenters. The van der Waals surface area contributed by atoms with Crippen LogP contribution in [0.4, 0.5) is 5.69 Å². The molecule has 1 aliphatic heterocycles. The van der Waals surface area contributed by atoms with Crippen molar-refractivity contribution in [2.75, 3.05) is 17.1 Å². The third kappa shape index (κ3) is 5.29. The van der Waals surface area contributed by atoms with Crippen molar-refractivity contribution in [1.82, 2.24) is 5.32 Å². The maximum Gasteiger partial charge on any atom is 0.261 e. The Hall–Kier alpha value is -2.54. The number of ether oxygens (including phenoxy) is 1. The molecule has 0 saturated carbocycles. The Kier molecular flexibility index (Phi) is 6.47. The van der Waals surface area contributed by atoms with E-state index in [0.29, 0.717) is 17.4 Å². The summed E-state index contributed by atoms with van der Waals surface area (Å²) in [6, 6.07) is 16.7. The van der Waals surface area contributed by atoms with E-state index in [1.165, 1.54) is 4.31 Å². The van der Waals surface area contributed by atoms with Crippen molar-refractivity contribution < 1.29 is 17.9 Å². The minimum atomic E-state index is -3.47. The minimum Gasteiger partial charge on any atom is -0.478 e. The van der Waals surface area contributed by atoms with Crippen LogP contribution < -0.4 is 14.4 Å². The van der Waals surface area contributed by atoms with Gasteiger partial charge in [-0.1, -0.05) is 56.3 Å². The fourth-order valence-electron chi connectivity index (χ4n) is 3.56. The van der Waals surface area contributed by atoms with Crippen LogP contribution in [0.1, 0.15) is 38.3 Å². The average Bonchev–Trinajstić information content (AvgIpc) is 2.87. The molecule has 1 amide bonds. The summed E-state index contributed by atoms with van der Waals surface area (Å²) in [5.74, 6) is 0.567. The molecule has 7 heteroatoms. The Balaban J connectivity index is 1.82. The van der Waals surface area contributed by atoms with Crippen LogP contribution in [0, 0.1) is 5.92 Å². The fraction of sp³-hybridized carbons (Fsp3) is 0.409. The molecule has 6 nitrogen and oxygen atoms in total. The zero-order valence-corrected chi connectivity index (χ0v) is 17.9. The summed E-state index contributed by atoms with van der Waals surface area (Å²) >= 11 is 0. The summed E-state index contributed by atoms with van der Waals surface area (Å²) in [5, 5.41) is 3.11. The number of hydrogen-bond donors (Lipinski definition) is 1. The van der Waals surface area contributed by atoms with Gasteiger partial charge in [0, 0.05) is 13.0 Å². The predicted molar refractivity (Wildman–Crippen MR) is 114 cm³/mol. The number of amides is 1. The SMILES string of the molecule is CC(C)C[C@H](NC(=O)[C@H]1CCN(S(C)(=O)=O)c2ccccc2O1)c1ccccc1. The second kappa shape index (κ2) is 8.86. The van der Waals surface area contributed by atoms with E-state index < -0.39 is 16.1 Å². The van der Waals surface area contributed by atoms with E-state index in [9.17, 15) is 13.2 Å². The molecule has 0 spiro atoms. The molecule has 0 radical (unpaired) electrons. The number of nitrogens with zero attached hydrogens (tertiary/aromatic N) is 1. The number of fused-ring (bicyclic) bond motifs is 1. The molecule has 0 unspecified atom stereocenters. The Morgan fingerprint density at radius 1 is 1.14 bits per heavy atom. The molecule has 2 aromatic rings. The second-order valence-corrected chi connectivity index (χ2v) is 9.71. The minimum absolute atomic E-state index is 0.128. The Morgan fingerprint density at radius 2 is 1.79 bits per heavy atom. The predicted octanol–water partition coefficient (Wildman–Crippen LogP) is 3.51. The van der Waals surface area contributed by atoms with Crippen LogP contribution in [-0.2, 0) is 14.8 Å². The summed E-state index contributed by atoms with van der Waals surface area (Å²) < 4.78 is 31.7. The lowest BCUT2D eigenvalue weighted by Gasteiger charge is -2.24. The molecule has 0 aliphatic carbocycles. The number of carbonyl (C=O) groups excluding carboxylic acids is 1. The molecule has 0 saturated heterocycles. The first-order valence-electron chi connectivity index (χ1n) is 9.84. The van der Waals surface area contributed by atoms with E-state index >= 15 is 0 Å². The number of nitrogens with one attached hydrogen (secondary N) is 1. The highest BCUT2D eigenvalue weighted by atomic mass is 32.2. The first-order chi connectivity index (χ1) is 13.8. The van der Waals surface area contributed by atoms with Gasteiger partial charge in [0.05, 0.1) is 18.0 Å². The standard InChI is InChI=1S/C22H28N2O4S/c1-16(2)15-18(17-9-5-4-6-10-17)23-22(25)21-13-14-24(29(3,26)27)19-11-7-8-12-20(19)28-21/h4-12,16,18,21H,13-15H2,1-3H3,(H,23,25)/t18-,21+/m0/s1. The summed E-state index contributed by atoms with van der Waals surface area (Å²) in [5.41, 5.74) is 1.51. The van der Waals surface area contributed by atoms with Crippen LogP contribution in [0.5, 0.6) is 5.75 Å². The molecule has 1 heterocycles. The highest BCUT2D eigenvalue weighted by Crippen LogP contribution is 2.34. The first kappa shape index (κ1) is 21.2. The summed E-state index contributed by atoms with van der Waals surface area (Å²) in [7, 11) is -3.47. The van der Waals surface area contributed by atoms with Gasteiger partial charge < -0.3 is 10.1 Å². The number of carbonyl (C=O) groups is 1. The van der Waals surface area contributed by atoms with Crippen LogP contribution in [0.2, 0.25) is 0 Å². The number of sulfonamides is 1. The lowest BCUT2D eigenvalue weighted by atomic mass is 9.96. The van der Waals surface area contributed by atoms with E-state index in [0.717, 1.165) is 18.2 Å². The second-order valence-electron chi connectivity index (χ2n) is 7.80. The van der Waals surface area contributed by atoms with Crippen molar-refractivity contribution in [3.8, 4) is 5.75 Å². The van der Waals surface area contributed by atoms with E-state index in [1.807, 2.05) is 30.3 Å². The van der Waals surface area contributed by atoms with E-state index in [-0.39, 0.29) is 24.9 Å². The van der Waals surface area contributed by atoms with Gasteiger partial charge in [-0.25, -0.2) is 8.42 Å². The number of anilines is 1. The van der Waals surface area contributed by atoms with Crippen molar-refractivity contribution in [1.29, 1.82) is 0 Å². The Morgan fingerprint density at radius 3 is 2.45 bits per heavy atom. The van der Waals surface area contributed by atoms with Gasteiger partial charge in [-0.05, 0) is 30.0 Å². The maximum atomic E-state index is 13.1. The third-order valence-corrected chi connectivity index (χ3v) is 6.10. The summed E-state index contributed by atoms with van der Waals surface area (Å²) in [6.45, 7) is 4.42. The number of rotatable bonds is 6. The van der Waals surface area contributed by atoms with E-state index in [2.05, 4.69) is 19.2 Å². The Labute approximate surface area is 172 Å². The highest BCUT2D eigenvalue weighted by molar-refractivity contribution is 7.92. The van der Waals surface area contributed by atoms with Gasteiger partial charge in [0.2, 0.25) is 10.0 Å². The molecule has 0 bridgehead atoms. The average molecular weight is 417 g/mol. The Bertz CT molecular complexity index is 944. The zero-order valence-electron chi connectivity index (χ0n) is 17.0. The van der Waals surface area contributed by atoms with Crippen molar-refractivity contribution in [2.45, 2.75) is 38.8 Å². The molecule has 1 aliphatic rings. The largest absolute Gasteiger partial charge is 0.478 e. The van der Waals surface area contributed by atoms with Crippen molar-refractivity contribution in [3.05, 3.63) is 60.2 Å². The van der Waals surface area contributed by atoms with Gasteiger partial charge in [-0.2, -0.15) is 0 Å². The first-order valence-corrected chi connectivity index (χ1v) is 11.7. The van der Waals surface area contributed by atoms with Crippen LogP contribution in [-0.4, -0.2) is 33.2 Å². The van der Waals surface area contributed by atoms with Crippen molar-refractivity contribution in [3.63, 3.8) is 0 Å². The molecule has 3 rings (SSSR count). The van der Waals surface area contributed by atoms with E-state index in [4.69, 9.17) is 4.74 Å². The number of hydrogen-bond acceptors (Lipinski definition) is 4. The van der Waals surface area contributed by atoms with Gasteiger partial charge in [0.1, 0.15) is 5.75 Å². The van der Waals surface area contributed by atoms with Crippen LogP contribution in [0.25, 0.3) is 0 Å². The smallest absolute Gasteiger partial charge is 0.261 e. The van der Waals surface area contributed by atoms with Crippen molar-refractivity contribution in [2.24, 2.45) is 5.92 Å². The molecule has 0 fully saturated rings. The van der Waals surface area contributed by atoms with Crippen LogP contribution in [0.15, 0.2) is 54.6 Å². The van der Waals surface area contributed by atoms with Gasteiger partial charge in [0.25, 0.3) is 5.91 Å². The number of para-hydroxylation sites is 2. The molecule has 1 N–H and O–H groups in total. The topological polar surface area (TPSA) is 75.7 Å². The molecular formula is C22H28N2O4S. The van der Waals surface area contributed by atoms with Gasteiger partial charge >= 0.3 is 0 Å².